The van der Waals surface area contributed by atoms with Crippen molar-refractivity contribution in [3.63, 3.8) is 0 Å². The number of rotatable bonds is 5. The number of amides is 1. The van der Waals surface area contributed by atoms with Crippen LogP contribution in [0.4, 0.5) is 0 Å². The Morgan fingerprint density at radius 1 is 1.35 bits per heavy atom. The minimum Gasteiger partial charge on any atom is -0.493 e. The predicted molar refractivity (Wildman–Crippen MR) is 74.5 cm³/mol. The molecule has 1 aromatic rings. The summed E-state index contributed by atoms with van der Waals surface area (Å²) in [6, 6.07) is 4.95. The van der Waals surface area contributed by atoms with E-state index in [9.17, 15) is 4.79 Å². The summed E-state index contributed by atoms with van der Waals surface area (Å²) in [6.45, 7) is 3.24. The Balaban J connectivity index is 3.11. The zero-order chi connectivity index (χ0) is 15.3. The number of carbonyl (C=O) groups is 1. The van der Waals surface area contributed by atoms with Gasteiger partial charge in [-0.15, -0.1) is 0 Å². The van der Waals surface area contributed by atoms with Crippen LogP contribution in [0.15, 0.2) is 23.4 Å². The van der Waals surface area contributed by atoms with E-state index in [2.05, 4.69) is 10.5 Å². The van der Waals surface area contributed by atoms with Gasteiger partial charge < -0.3 is 25.7 Å². The Labute approximate surface area is 117 Å². The third-order valence-electron chi connectivity index (χ3n) is 2.82. The van der Waals surface area contributed by atoms with Crippen molar-refractivity contribution in [2.75, 3.05) is 14.2 Å². The largest absolute Gasteiger partial charge is 0.493 e. The number of nitrogens with two attached hydrogens (primary N) is 1. The van der Waals surface area contributed by atoms with E-state index >= 15 is 0 Å². The number of oxime groups is 1. The van der Waals surface area contributed by atoms with Crippen LogP contribution in [0.1, 0.15) is 24.2 Å². The third kappa shape index (κ3) is 3.11. The summed E-state index contributed by atoms with van der Waals surface area (Å²) in [5, 5.41) is 14.3. The number of carbonyl (C=O) groups excluding carboxylic acids is 1. The fourth-order valence-electron chi connectivity index (χ4n) is 1.61. The third-order valence-corrected chi connectivity index (χ3v) is 2.82. The van der Waals surface area contributed by atoms with Crippen molar-refractivity contribution in [2.45, 2.75) is 19.4 Å². The minimum atomic E-state index is -1.00. The highest BCUT2D eigenvalue weighted by molar-refractivity contribution is 6.02. The van der Waals surface area contributed by atoms with E-state index in [0.29, 0.717) is 17.1 Å². The minimum absolute atomic E-state index is 0.104. The molecular formula is C13H19N3O4. The Kier molecular flexibility index (Phi) is 4.79. The number of hydrogen-bond donors (Lipinski definition) is 3. The summed E-state index contributed by atoms with van der Waals surface area (Å²) in [5.74, 6) is 0.245. The van der Waals surface area contributed by atoms with Gasteiger partial charge in [0.25, 0.3) is 5.91 Å². The van der Waals surface area contributed by atoms with Crippen molar-refractivity contribution in [3.8, 4) is 11.5 Å². The first-order chi connectivity index (χ1) is 9.37. The number of para-hydroxylation sites is 1. The Hall–Kier alpha value is -2.44. The van der Waals surface area contributed by atoms with E-state index in [-0.39, 0.29) is 5.84 Å². The van der Waals surface area contributed by atoms with Crippen molar-refractivity contribution in [1.29, 1.82) is 0 Å². The van der Waals surface area contributed by atoms with Gasteiger partial charge in [-0.2, -0.15) is 0 Å². The van der Waals surface area contributed by atoms with Crippen LogP contribution in [0.3, 0.4) is 0 Å². The molecule has 1 rings (SSSR count). The van der Waals surface area contributed by atoms with E-state index in [4.69, 9.17) is 20.4 Å². The van der Waals surface area contributed by atoms with Crippen LogP contribution in [0.25, 0.3) is 0 Å². The average molecular weight is 281 g/mol. The van der Waals surface area contributed by atoms with Crippen LogP contribution in [0.5, 0.6) is 11.5 Å². The van der Waals surface area contributed by atoms with Gasteiger partial charge in [-0.05, 0) is 26.0 Å². The molecule has 0 aliphatic carbocycles. The van der Waals surface area contributed by atoms with Gasteiger partial charge in [0.05, 0.1) is 25.3 Å². The second kappa shape index (κ2) is 6.14. The van der Waals surface area contributed by atoms with Gasteiger partial charge in [0, 0.05) is 0 Å². The van der Waals surface area contributed by atoms with Crippen LogP contribution in [-0.4, -0.2) is 36.7 Å². The number of nitrogens with one attached hydrogen (secondary N) is 1. The predicted octanol–water partition coefficient (Wildman–Crippen LogP) is 0.959. The molecule has 0 aliphatic rings. The molecule has 7 heteroatoms. The van der Waals surface area contributed by atoms with Gasteiger partial charge in [0.1, 0.15) is 0 Å². The van der Waals surface area contributed by atoms with Gasteiger partial charge in [-0.1, -0.05) is 11.2 Å². The van der Waals surface area contributed by atoms with E-state index < -0.39 is 11.4 Å². The van der Waals surface area contributed by atoms with Crippen LogP contribution in [-0.2, 0) is 0 Å². The summed E-state index contributed by atoms with van der Waals surface area (Å²) in [6.07, 6.45) is 0. The maximum Gasteiger partial charge on any atom is 0.255 e. The molecule has 1 aromatic carbocycles. The summed E-state index contributed by atoms with van der Waals surface area (Å²) in [7, 11) is 2.93. The molecule has 0 aliphatic heterocycles. The van der Waals surface area contributed by atoms with Crippen LogP contribution in [0.2, 0.25) is 0 Å². The lowest BCUT2D eigenvalue weighted by Crippen LogP contribution is -2.53. The van der Waals surface area contributed by atoms with Crippen molar-refractivity contribution < 1.29 is 19.5 Å². The van der Waals surface area contributed by atoms with Gasteiger partial charge in [-0.3, -0.25) is 4.79 Å². The first kappa shape index (κ1) is 15.6. The van der Waals surface area contributed by atoms with Crippen molar-refractivity contribution in [3.05, 3.63) is 23.8 Å². The second-order valence-electron chi connectivity index (χ2n) is 4.61. The Morgan fingerprint density at radius 2 is 2.00 bits per heavy atom. The number of benzene rings is 1. The van der Waals surface area contributed by atoms with Crippen LogP contribution >= 0.6 is 0 Å². The molecule has 7 nitrogen and oxygen atoms in total. The van der Waals surface area contributed by atoms with Gasteiger partial charge in [0.15, 0.2) is 17.3 Å². The van der Waals surface area contributed by atoms with Crippen LogP contribution in [0, 0.1) is 0 Å². The van der Waals surface area contributed by atoms with Gasteiger partial charge in [-0.25, -0.2) is 0 Å². The second-order valence-corrected chi connectivity index (χ2v) is 4.61. The molecule has 0 unspecified atom stereocenters. The number of hydrogen-bond acceptors (Lipinski definition) is 5. The van der Waals surface area contributed by atoms with Crippen molar-refractivity contribution in [1.82, 2.24) is 5.32 Å². The molecule has 0 atom stereocenters. The zero-order valence-corrected chi connectivity index (χ0v) is 11.9. The monoisotopic (exact) mass is 281 g/mol. The highest BCUT2D eigenvalue weighted by Crippen LogP contribution is 2.30. The molecule has 0 bridgehead atoms. The number of amidine groups is 1. The van der Waals surface area contributed by atoms with E-state index in [1.165, 1.54) is 14.2 Å². The SMILES string of the molecule is COc1cccc(C(=O)NC(C)(C)/C(N)=N/O)c1OC. The molecule has 4 N–H and O–H groups in total. The molecule has 0 spiro atoms. The van der Waals surface area contributed by atoms with Crippen molar-refractivity contribution >= 4 is 11.7 Å². The Bertz CT molecular complexity index is 526. The highest BCUT2D eigenvalue weighted by atomic mass is 16.5. The van der Waals surface area contributed by atoms with E-state index in [1.54, 1.807) is 32.0 Å². The molecule has 20 heavy (non-hydrogen) atoms. The molecule has 0 saturated heterocycles. The normalized spacial score (nSPS) is 11.9. The lowest BCUT2D eigenvalue weighted by molar-refractivity contribution is 0.0927. The fourth-order valence-corrected chi connectivity index (χ4v) is 1.61. The van der Waals surface area contributed by atoms with Gasteiger partial charge in [0.2, 0.25) is 0 Å². The average Bonchev–Trinajstić information content (AvgIpc) is 2.44. The lowest BCUT2D eigenvalue weighted by Gasteiger charge is -2.25. The summed E-state index contributed by atoms with van der Waals surface area (Å²) in [5.41, 5.74) is 4.83. The van der Waals surface area contributed by atoms with E-state index in [1.807, 2.05) is 0 Å². The molecular weight excluding hydrogens is 262 g/mol. The van der Waals surface area contributed by atoms with Crippen molar-refractivity contribution in [2.24, 2.45) is 10.9 Å². The fraction of sp³-hybridized carbons (Fsp3) is 0.385. The molecule has 0 heterocycles. The maximum atomic E-state index is 12.3. The summed E-state index contributed by atoms with van der Waals surface area (Å²) in [4.78, 5) is 12.3. The topological polar surface area (TPSA) is 106 Å². The number of ether oxygens (including phenoxy) is 2. The first-order valence-electron chi connectivity index (χ1n) is 5.89. The van der Waals surface area contributed by atoms with Crippen LogP contribution < -0.4 is 20.5 Å². The molecule has 0 radical (unpaired) electrons. The summed E-state index contributed by atoms with van der Waals surface area (Å²) >= 11 is 0. The number of methoxy groups -OCH3 is 2. The number of nitrogens with zero attached hydrogens (tertiary/aromatic N) is 1. The summed E-state index contributed by atoms with van der Waals surface area (Å²) < 4.78 is 10.3. The maximum absolute atomic E-state index is 12.3. The van der Waals surface area contributed by atoms with E-state index in [0.717, 1.165) is 0 Å². The molecule has 0 aromatic heterocycles. The molecule has 110 valence electrons. The smallest absolute Gasteiger partial charge is 0.255 e. The lowest BCUT2D eigenvalue weighted by atomic mass is 10.0. The zero-order valence-electron chi connectivity index (χ0n) is 11.9. The standard InChI is InChI=1S/C13H19N3O4/c1-13(2,12(14)16-18)15-11(17)8-6-5-7-9(19-3)10(8)20-4/h5-7,18H,1-4H3,(H2,14,16)(H,15,17). The Morgan fingerprint density at radius 3 is 2.50 bits per heavy atom. The molecule has 1 amide bonds. The quantitative estimate of drug-likeness (QED) is 0.322. The molecule has 0 saturated carbocycles. The molecule has 0 fully saturated rings. The first-order valence-corrected chi connectivity index (χ1v) is 5.89. The highest BCUT2D eigenvalue weighted by Gasteiger charge is 2.28. The van der Waals surface area contributed by atoms with Gasteiger partial charge >= 0.3 is 0 Å².